The first-order valence-corrected chi connectivity index (χ1v) is 6.77. The number of likely N-dealkylation sites (N-methyl/N-ethyl adjacent to an activating group) is 1. The lowest BCUT2D eigenvalue weighted by atomic mass is 9.94. The Morgan fingerprint density at radius 1 is 1.42 bits per heavy atom. The van der Waals surface area contributed by atoms with Crippen LogP contribution in [0.2, 0.25) is 0 Å². The van der Waals surface area contributed by atoms with Gasteiger partial charge in [0.2, 0.25) is 5.91 Å². The number of carbonyl (C=O) groups is 1. The average Bonchev–Trinajstić information content (AvgIpc) is 2.36. The molecule has 1 aromatic rings. The molecule has 1 aromatic heterocycles. The Balaban J connectivity index is 2.59. The van der Waals surface area contributed by atoms with Crippen molar-refractivity contribution in [3.8, 4) is 0 Å². The Bertz CT molecular complexity index is 434. The van der Waals surface area contributed by atoms with Crippen LogP contribution in [-0.4, -0.2) is 34.4 Å². The average molecular weight is 279 g/mol. The molecule has 0 aromatic carbocycles. The zero-order valence-electron chi connectivity index (χ0n) is 11.7. The lowest BCUT2D eigenvalue weighted by Gasteiger charge is -2.25. The quantitative estimate of drug-likeness (QED) is 0.804. The van der Waals surface area contributed by atoms with E-state index in [2.05, 4.69) is 4.98 Å². The van der Waals surface area contributed by atoms with Gasteiger partial charge in [0.05, 0.1) is 10.9 Å². The van der Waals surface area contributed by atoms with Gasteiger partial charge in [-0.25, -0.2) is 0 Å². The molecule has 1 amide bonds. The van der Waals surface area contributed by atoms with Crippen LogP contribution in [0.3, 0.4) is 0 Å². The molecule has 0 radical (unpaired) electrons. The number of rotatable bonds is 6. The van der Waals surface area contributed by atoms with Crippen molar-refractivity contribution in [1.82, 2.24) is 9.88 Å². The van der Waals surface area contributed by atoms with Gasteiger partial charge in [-0.1, -0.05) is 26.1 Å². The minimum atomic E-state index is -0.377. The van der Waals surface area contributed by atoms with E-state index in [1.165, 1.54) is 0 Å². The van der Waals surface area contributed by atoms with Crippen molar-refractivity contribution >= 4 is 23.1 Å². The predicted octanol–water partition coefficient (Wildman–Crippen LogP) is 1.64. The van der Waals surface area contributed by atoms with Gasteiger partial charge in [-0.2, -0.15) is 0 Å². The van der Waals surface area contributed by atoms with Crippen molar-refractivity contribution in [3.63, 3.8) is 0 Å². The number of hydrogen-bond donors (Lipinski definition) is 1. The van der Waals surface area contributed by atoms with E-state index in [1.54, 1.807) is 24.3 Å². The minimum Gasteiger partial charge on any atom is -0.393 e. The van der Waals surface area contributed by atoms with Crippen LogP contribution in [0.25, 0.3) is 0 Å². The van der Waals surface area contributed by atoms with Crippen LogP contribution in [0.4, 0.5) is 0 Å². The van der Waals surface area contributed by atoms with E-state index in [4.69, 9.17) is 18.0 Å². The molecule has 2 N–H and O–H groups in total. The number of nitrogens with two attached hydrogens (primary N) is 1. The third-order valence-electron chi connectivity index (χ3n) is 3.10. The summed E-state index contributed by atoms with van der Waals surface area (Å²) in [7, 11) is 1.79. The highest BCUT2D eigenvalue weighted by molar-refractivity contribution is 7.80. The van der Waals surface area contributed by atoms with Crippen LogP contribution < -0.4 is 5.73 Å². The highest BCUT2D eigenvalue weighted by Gasteiger charge is 2.27. The van der Waals surface area contributed by atoms with Gasteiger partial charge in [-0.05, 0) is 30.0 Å². The Morgan fingerprint density at radius 2 is 2.00 bits per heavy atom. The number of pyridine rings is 1. The Labute approximate surface area is 120 Å². The number of carbonyl (C=O) groups excluding carboxylic acids is 1. The lowest BCUT2D eigenvalue weighted by molar-refractivity contribution is -0.133. The molecule has 1 atom stereocenters. The van der Waals surface area contributed by atoms with E-state index < -0.39 is 0 Å². The maximum Gasteiger partial charge on any atom is 0.232 e. The molecule has 0 aliphatic carbocycles. The standard InChI is InChI=1S/C14H21N3OS/c1-10(2)12(13(15)19)14(18)17(3)9-6-11-4-7-16-8-5-11/h4-5,7-8,10,12H,6,9H2,1-3H3,(H2,15,19). The van der Waals surface area contributed by atoms with E-state index in [-0.39, 0.29) is 22.7 Å². The van der Waals surface area contributed by atoms with Crippen LogP contribution in [0.5, 0.6) is 0 Å². The predicted molar refractivity (Wildman–Crippen MR) is 80.7 cm³/mol. The second-order valence-corrected chi connectivity index (χ2v) is 5.46. The fourth-order valence-electron chi connectivity index (χ4n) is 1.93. The number of thiocarbonyl (C=S) groups is 1. The van der Waals surface area contributed by atoms with Gasteiger partial charge in [-0.3, -0.25) is 9.78 Å². The molecule has 1 heterocycles. The van der Waals surface area contributed by atoms with Gasteiger partial charge >= 0.3 is 0 Å². The molecule has 4 nitrogen and oxygen atoms in total. The largest absolute Gasteiger partial charge is 0.393 e. The van der Waals surface area contributed by atoms with Crippen molar-refractivity contribution in [3.05, 3.63) is 30.1 Å². The van der Waals surface area contributed by atoms with Crippen molar-refractivity contribution in [2.45, 2.75) is 20.3 Å². The first kappa shape index (κ1) is 15.6. The molecule has 104 valence electrons. The summed E-state index contributed by atoms with van der Waals surface area (Å²) in [6.07, 6.45) is 4.30. The van der Waals surface area contributed by atoms with E-state index in [0.717, 1.165) is 12.0 Å². The zero-order chi connectivity index (χ0) is 14.4. The van der Waals surface area contributed by atoms with E-state index in [0.29, 0.717) is 6.54 Å². The maximum atomic E-state index is 12.3. The first-order chi connectivity index (χ1) is 8.93. The molecule has 0 bridgehead atoms. The van der Waals surface area contributed by atoms with Crippen molar-refractivity contribution in [2.24, 2.45) is 17.6 Å². The molecule has 0 fully saturated rings. The minimum absolute atomic E-state index is 0.00319. The van der Waals surface area contributed by atoms with Gasteiger partial charge in [0.25, 0.3) is 0 Å². The molecule has 5 heteroatoms. The van der Waals surface area contributed by atoms with E-state index in [1.807, 2.05) is 26.0 Å². The van der Waals surface area contributed by atoms with Crippen molar-refractivity contribution < 1.29 is 4.79 Å². The smallest absolute Gasteiger partial charge is 0.232 e. The second-order valence-electron chi connectivity index (χ2n) is 4.99. The monoisotopic (exact) mass is 279 g/mol. The molecule has 1 unspecified atom stereocenters. The SMILES string of the molecule is CC(C)C(C(=O)N(C)CCc1ccncc1)C(N)=S. The molecule has 0 aliphatic rings. The van der Waals surface area contributed by atoms with Gasteiger partial charge in [0, 0.05) is 26.0 Å². The van der Waals surface area contributed by atoms with E-state index >= 15 is 0 Å². The highest BCUT2D eigenvalue weighted by atomic mass is 32.1. The summed E-state index contributed by atoms with van der Waals surface area (Å²) < 4.78 is 0. The first-order valence-electron chi connectivity index (χ1n) is 6.36. The van der Waals surface area contributed by atoms with Gasteiger partial charge in [0.1, 0.15) is 0 Å². The molecule has 0 spiro atoms. The highest BCUT2D eigenvalue weighted by Crippen LogP contribution is 2.14. The molecule has 0 saturated carbocycles. The lowest BCUT2D eigenvalue weighted by Crippen LogP contribution is -2.42. The molecule has 19 heavy (non-hydrogen) atoms. The Hall–Kier alpha value is -1.49. The van der Waals surface area contributed by atoms with Crippen molar-refractivity contribution in [2.75, 3.05) is 13.6 Å². The summed E-state index contributed by atoms with van der Waals surface area (Å²) in [5.41, 5.74) is 6.82. The second kappa shape index (κ2) is 7.19. The molecular formula is C14H21N3OS. The topological polar surface area (TPSA) is 59.2 Å². The summed E-state index contributed by atoms with van der Waals surface area (Å²) in [6.45, 7) is 4.56. The van der Waals surface area contributed by atoms with Crippen LogP contribution in [0.15, 0.2) is 24.5 Å². The van der Waals surface area contributed by atoms with Crippen LogP contribution >= 0.6 is 12.2 Å². The van der Waals surface area contributed by atoms with Crippen molar-refractivity contribution in [1.29, 1.82) is 0 Å². The summed E-state index contributed by atoms with van der Waals surface area (Å²) in [6, 6.07) is 3.90. The van der Waals surface area contributed by atoms with Crippen LogP contribution in [-0.2, 0) is 11.2 Å². The number of aromatic nitrogens is 1. The fourth-order valence-corrected chi connectivity index (χ4v) is 2.30. The molecule has 1 rings (SSSR count). The Morgan fingerprint density at radius 3 is 2.47 bits per heavy atom. The summed E-state index contributed by atoms with van der Waals surface area (Å²) >= 11 is 4.99. The van der Waals surface area contributed by atoms with Crippen LogP contribution in [0, 0.1) is 11.8 Å². The maximum absolute atomic E-state index is 12.3. The summed E-state index contributed by atoms with van der Waals surface area (Å²) in [5.74, 6) is -0.262. The zero-order valence-corrected chi connectivity index (χ0v) is 12.5. The third-order valence-corrected chi connectivity index (χ3v) is 3.35. The molecular weight excluding hydrogens is 258 g/mol. The summed E-state index contributed by atoms with van der Waals surface area (Å²) in [5, 5.41) is 0. The van der Waals surface area contributed by atoms with Crippen LogP contribution in [0.1, 0.15) is 19.4 Å². The number of nitrogens with zero attached hydrogens (tertiary/aromatic N) is 2. The fraction of sp³-hybridized carbons (Fsp3) is 0.500. The van der Waals surface area contributed by atoms with Gasteiger partial charge in [0.15, 0.2) is 0 Å². The summed E-state index contributed by atoms with van der Waals surface area (Å²) in [4.78, 5) is 18.2. The van der Waals surface area contributed by atoms with E-state index in [9.17, 15) is 4.79 Å². The Kier molecular flexibility index (Phi) is 5.89. The normalized spacial score (nSPS) is 12.2. The van der Waals surface area contributed by atoms with Gasteiger partial charge in [-0.15, -0.1) is 0 Å². The third kappa shape index (κ3) is 4.59. The number of amides is 1. The molecule has 0 aliphatic heterocycles. The molecule has 0 saturated heterocycles. The van der Waals surface area contributed by atoms with Gasteiger partial charge < -0.3 is 10.6 Å². The number of hydrogen-bond acceptors (Lipinski definition) is 3.